The van der Waals surface area contributed by atoms with E-state index in [1.807, 2.05) is 6.07 Å². The fraction of sp³-hybridized carbons (Fsp3) is 0.400. The van der Waals surface area contributed by atoms with Crippen LogP contribution in [0.4, 0.5) is 10.3 Å². The number of anilines is 1. The summed E-state index contributed by atoms with van der Waals surface area (Å²) in [5.74, 6) is -0.00523. The van der Waals surface area contributed by atoms with Crippen LogP contribution in [-0.4, -0.2) is 5.16 Å². The smallest absolute Gasteiger partial charge is 0.230 e. The molecule has 0 unspecified atom stereocenters. The van der Waals surface area contributed by atoms with Gasteiger partial charge in [0.15, 0.2) is 0 Å². The number of aromatic nitrogens is 1. The molecule has 2 aromatic rings. The molecule has 2 N–H and O–H groups in total. The SMILES string of the molecule is CC1(c2noc(N)c2-c2cccc(F)c2)CCCC1. The Kier molecular flexibility index (Phi) is 2.81. The van der Waals surface area contributed by atoms with E-state index >= 15 is 0 Å². The summed E-state index contributed by atoms with van der Waals surface area (Å²) in [6, 6.07) is 6.42. The molecule has 0 saturated heterocycles. The van der Waals surface area contributed by atoms with Crippen molar-refractivity contribution in [2.75, 3.05) is 5.73 Å². The summed E-state index contributed by atoms with van der Waals surface area (Å²) < 4.78 is 18.6. The van der Waals surface area contributed by atoms with Crippen molar-refractivity contribution in [1.82, 2.24) is 5.16 Å². The van der Waals surface area contributed by atoms with Crippen molar-refractivity contribution in [2.45, 2.75) is 38.0 Å². The third-order valence-electron chi connectivity index (χ3n) is 4.11. The van der Waals surface area contributed by atoms with Gasteiger partial charge in [0.1, 0.15) is 5.82 Å². The summed E-state index contributed by atoms with van der Waals surface area (Å²) in [7, 11) is 0. The van der Waals surface area contributed by atoms with Gasteiger partial charge in [-0.15, -0.1) is 0 Å². The molecule has 0 amide bonds. The molecular formula is C15H17FN2O. The first-order chi connectivity index (χ1) is 9.10. The van der Waals surface area contributed by atoms with Gasteiger partial charge in [-0.05, 0) is 30.5 Å². The van der Waals surface area contributed by atoms with Gasteiger partial charge < -0.3 is 10.3 Å². The van der Waals surface area contributed by atoms with Crippen LogP contribution in [0, 0.1) is 5.82 Å². The fourth-order valence-electron chi connectivity index (χ4n) is 3.03. The Morgan fingerprint density at radius 3 is 2.74 bits per heavy atom. The van der Waals surface area contributed by atoms with Gasteiger partial charge in [0.2, 0.25) is 5.88 Å². The second-order valence-electron chi connectivity index (χ2n) is 5.55. The van der Waals surface area contributed by atoms with E-state index in [9.17, 15) is 4.39 Å². The molecule has 19 heavy (non-hydrogen) atoms. The van der Waals surface area contributed by atoms with Crippen LogP contribution in [0.2, 0.25) is 0 Å². The summed E-state index contributed by atoms with van der Waals surface area (Å²) in [5.41, 5.74) is 8.25. The fourth-order valence-corrected chi connectivity index (χ4v) is 3.03. The lowest BCUT2D eigenvalue weighted by molar-refractivity contribution is 0.386. The number of hydrogen-bond acceptors (Lipinski definition) is 3. The normalized spacial score (nSPS) is 17.8. The zero-order chi connectivity index (χ0) is 13.5. The molecule has 4 heteroatoms. The number of rotatable bonds is 2. The van der Waals surface area contributed by atoms with E-state index < -0.39 is 0 Å². The summed E-state index contributed by atoms with van der Waals surface area (Å²) in [6.07, 6.45) is 4.51. The predicted molar refractivity (Wildman–Crippen MR) is 72.1 cm³/mol. The molecule has 1 aliphatic carbocycles. The van der Waals surface area contributed by atoms with E-state index in [1.165, 1.54) is 25.0 Å². The van der Waals surface area contributed by atoms with E-state index in [4.69, 9.17) is 10.3 Å². The molecule has 1 saturated carbocycles. The number of halogens is 1. The standard InChI is InChI=1S/C15H17FN2O/c1-15(7-2-3-8-15)13-12(14(17)19-18-13)10-5-4-6-11(16)9-10/h4-6,9H,2-3,7-8,17H2,1H3. The van der Waals surface area contributed by atoms with E-state index in [-0.39, 0.29) is 17.1 Å². The van der Waals surface area contributed by atoms with Gasteiger partial charge in [-0.2, -0.15) is 0 Å². The van der Waals surface area contributed by atoms with Gasteiger partial charge in [0.05, 0.1) is 11.3 Å². The zero-order valence-corrected chi connectivity index (χ0v) is 10.9. The van der Waals surface area contributed by atoms with Crippen LogP contribution in [0.25, 0.3) is 11.1 Å². The number of nitrogen functional groups attached to an aromatic ring is 1. The lowest BCUT2D eigenvalue weighted by Crippen LogP contribution is -2.18. The van der Waals surface area contributed by atoms with Gasteiger partial charge >= 0.3 is 0 Å². The minimum Gasteiger partial charge on any atom is -0.367 e. The van der Waals surface area contributed by atoms with E-state index in [1.54, 1.807) is 6.07 Å². The van der Waals surface area contributed by atoms with E-state index in [2.05, 4.69) is 12.1 Å². The molecule has 0 bridgehead atoms. The van der Waals surface area contributed by atoms with Crippen LogP contribution in [-0.2, 0) is 5.41 Å². The molecule has 3 rings (SSSR count). The van der Waals surface area contributed by atoms with Crippen LogP contribution >= 0.6 is 0 Å². The average molecular weight is 260 g/mol. The topological polar surface area (TPSA) is 52.0 Å². The Labute approximate surface area is 111 Å². The number of nitrogens with two attached hydrogens (primary N) is 1. The lowest BCUT2D eigenvalue weighted by Gasteiger charge is -2.21. The summed E-state index contributed by atoms with van der Waals surface area (Å²) in [5, 5.41) is 4.15. The van der Waals surface area contributed by atoms with Crippen LogP contribution in [0.5, 0.6) is 0 Å². The average Bonchev–Trinajstić information content (AvgIpc) is 2.97. The highest BCUT2D eigenvalue weighted by Crippen LogP contribution is 2.45. The number of hydrogen-bond donors (Lipinski definition) is 1. The first-order valence-electron chi connectivity index (χ1n) is 6.62. The second-order valence-corrected chi connectivity index (χ2v) is 5.55. The molecule has 0 spiro atoms. The maximum atomic E-state index is 13.4. The predicted octanol–water partition coefficient (Wildman–Crippen LogP) is 3.89. The van der Waals surface area contributed by atoms with Crippen molar-refractivity contribution in [3.05, 3.63) is 35.8 Å². The molecule has 0 radical (unpaired) electrons. The second kappa shape index (κ2) is 4.37. The molecule has 1 aliphatic rings. The molecule has 100 valence electrons. The van der Waals surface area contributed by atoms with E-state index in [0.717, 1.165) is 29.7 Å². The summed E-state index contributed by atoms with van der Waals surface area (Å²) in [4.78, 5) is 0. The highest BCUT2D eigenvalue weighted by molar-refractivity contribution is 5.76. The number of nitrogens with zero attached hydrogens (tertiary/aromatic N) is 1. The van der Waals surface area contributed by atoms with Crippen LogP contribution in [0.3, 0.4) is 0 Å². The number of benzene rings is 1. The van der Waals surface area contributed by atoms with Crippen molar-refractivity contribution < 1.29 is 8.91 Å². The van der Waals surface area contributed by atoms with Gasteiger partial charge in [-0.1, -0.05) is 37.1 Å². The first-order valence-corrected chi connectivity index (χ1v) is 6.62. The summed E-state index contributed by atoms with van der Waals surface area (Å²) >= 11 is 0. The Hall–Kier alpha value is -1.84. The van der Waals surface area contributed by atoms with Crippen molar-refractivity contribution >= 4 is 5.88 Å². The maximum absolute atomic E-state index is 13.4. The zero-order valence-electron chi connectivity index (χ0n) is 10.9. The first kappa shape index (κ1) is 12.2. The molecule has 1 fully saturated rings. The largest absolute Gasteiger partial charge is 0.367 e. The molecule has 1 aromatic heterocycles. The Morgan fingerprint density at radius 2 is 2.05 bits per heavy atom. The van der Waals surface area contributed by atoms with Gasteiger partial charge in [0, 0.05) is 5.41 Å². The van der Waals surface area contributed by atoms with Gasteiger partial charge in [-0.25, -0.2) is 4.39 Å². The Balaban J connectivity index is 2.13. The Morgan fingerprint density at radius 1 is 1.32 bits per heavy atom. The highest BCUT2D eigenvalue weighted by Gasteiger charge is 2.37. The minimum absolute atomic E-state index is 0.0111. The Bertz CT molecular complexity index is 600. The molecule has 0 aliphatic heterocycles. The van der Waals surface area contributed by atoms with E-state index in [0.29, 0.717) is 0 Å². The minimum atomic E-state index is -0.277. The molecule has 1 heterocycles. The van der Waals surface area contributed by atoms with Crippen molar-refractivity contribution in [2.24, 2.45) is 0 Å². The molecular weight excluding hydrogens is 243 g/mol. The molecule has 3 nitrogen and oxygen atoms in total. The molecule has 0 atom stereocenters. The van der Waals surface area contributed by atoms with Crippen LogP contribution in [0.1, 0.15) is 38.3 Å². The lowest BCUT2D eigenvalue weighted by atomic mass is 9.81. The summed E-state index contributed by atoms with van der Waals surface area (Å²) in [6.45, 7) is 2.18. The highest BCUT2D eigenvalue weighted by atomic mass is 19.1. The van der Waals surface area contributed by atoms with Crippen LogP contribution in [0.15, 0.2) is 28.8 Å². The van der Waals surface area contributed by atoms with Crippen molar-refractivity contribution in [3.8, 4) is 11.1 Å². The maximum Gasteiger partial charge on any atom is 0.230 e. The molecule has 1 aromatic carbocycles. The third-order valence-corrected chi connectivity index (χ3v) is 4.11. The quantitative estimate of drug-likeness (QED) is 0.891. The van der Waals surface area contributed by atoms with Crippen molar-refractivity contribution in [1.29, 1.82) is 0 Å². The third kappa shape index (κ3) is 2.01. The monoisotopic (exact) mass is 260 g/mol. The van der Waals surface area contributed by atoms with Gasteiger partial charge in [-0.3, -0.25) is 0 Å². The van der Waals surface area contributed by atoms with Crippen LogP contribution < -0.4 is 5.73 Å². The van der Waals surface area contributed by atoms with Crippen molar-refractivity contribution in [3.63, 3.8) is 0 Å². The van der Waals surface area contributed by atoms with Gasteiger partial charge in [0.25, 0.3) is 0 Å².